The molecular formula is C23H28N4O. The number of fused-ring (bicyclic) bond motifs is 1. The molecule has 0 radical (unpaired) electrons. The van der Waals surface area contributed by atoms with Crippen LogP contribution in [0.3, 0.4) is 0 Å². The number of nitrogens with zero attached hydrogens (tertiary/aromatic N) is 3. The molecule has 5 heteroatoms. The van der Waals surface area contributed by atoms with Gasteiger partial charge in [0.15, 0.2) is 0 Å². The largest absolute Gasteiger partial charge is 0.331 e. The zero-order valence-corrected chi connectivity index (χ0v) is 16.9. The molecule has 0 saturated carbocycles. The number of urea groups is 1. The van der Waals surface area contributed by atoms with E-state index in [9.17, 15) is 4.79 Å². The molecule has 1 atom stereocenters. The van der Waals surface area contributed by atoms with Crippen LogP contribution in [0.25, 0.3) is 11.0 Å². The van der Waals surface area contributed by atoms with Gasteiger partial charge in [-0.25, -0.2) is 9.78 Å². The zero-order valence-electron chi connectivity index (χ0n) is 16.9. The zero-order chi connectivity index (χ0) is 19.7. The minimum Gasteiger partial charge on any atom is -0.331 e. The quantitative estimate of drug-likeness (QED) is 0.691. The maximum absolute atomic E-state index is 12.8. The van der Waals surface area contributed by atoms with Gasteiger partial charge in [-0.2, -0.15) is 0 Å². The fourth-order valence-corrected chi connectivity index (χ4v) is 4.06. The van der Waals surface area contributed by atoms with Gasteiger partial charge < -0.3 is 14.8 Å². The maximum Gasteiger partial charge on any atom is 0.321 e. The summed E-state index contributed by atoms with van der Waals surface area (Å²) < 4.78 is 2.17. The molecule has 5 nitrogen and oxygen atoms in total. The van der Waals surface area contributed by atoms with E-state index in [1.54, 1.807) is 0 Å². The Hall–Kier alpha value is -2.82. The molecule has 146 valence electrons. The normalized spacial score (nSPS) is 17.3. The number of aromatic nitrogens is 2. The highest BCUT2D eigenvalue weighted by atomic mass is 16.2. The lowest BCUT2D eigenvalue weighted by Crippen LogP contribution is -2.42. The molecule has 1 fully saturated rings. The van der Waals surface area contributed by atoms with Gasteiger partial charge in [0, 0.05) is 31.7 Å². The molecule has 1 unspecified atom stereocenters. The molecule has 1 aliphatic rings. The molecule has 3 aromatic rings. The highest BCUT2D eigenvalue weighted by Gasteiger charge is 2.28. The van der Waals surface area contributed by atoms with Crippen molar-refractivity contribution in [2.75, 3.05) is 18.4 Å². The van der Waals surface area contributed by atoms with Crippen LogP contribution in [0.15, 0.2) is 48.5 Å². The van der Waals surface area contributed by atoms with Crippen molar-refractivity contribution in [3.05, 3.63) is 59.9 Å². The van der Waals surface area contributed by atoms with Crippen molar-refractivity contribution in [1.82, 2.24) is 14.5 Å². The summed E-state index contributed by atoms with van der Waals surface area (Å²) in [5.41, 5.74) is 4.29. The number of benzene rings is 2. The predicted molar refractivity (Wildman–Crippen MR) is 114 cm³/mol. The molecule has 2 heterocycles. The summed E-state index contributed by atoms with van der Waals surface area (Å²) in [4.78, 5) is 19.6. The van der Waals surface area contributed by atoms with Gasteiger partial charge in [-0.3, -0.25) is 0 Å². The van der Waals surface area contributed by atoms with E-state index in [-0.39, 0.29) is 11.9 Å². The van der Waals surface area contributed by atoms with Crippen LogP contribution in [0.1, 0.15) is 49.9 Å². The second-order valence-electron chi connectivity index (χ2n) is 8.01. The van der Waals surface area contributed by atoms with Crippen LogP contribution in [0.4, 0.5) is 10.5 Å². The van der Waals surface area contributed by atoms with Crippen molar-refractivity contribution in [3.63, 3.8) is 0 Å². The first-order valence-corrected chi connectivity index (χ1v) is 10.1. The molecule has 0 spiro atoms. The van der Waals surface area contributed by atoms with Crippen LogP contribution in [0.5, 0.6) is 0 Å². The van der Waals surface area contributed by atoms with Gasteiger partial charge in [-0.15, -0.1) is 0 Å². The van der Waals surface area contributed by atoms with Gasteiger partial charge in [-0.1, -0.05) is 38.1 Å². The van der Waals surface area contributed by atoms with Crippen LogP contribution >= 0.6 is 0 Å². The van der Waals surface area contributed by atoms with E-state index in [0.29, 0.717) is 12.5 Å². The van der Waals surface area contributed by atoms with Gasteiger partial charge in [0.25, 0.3) is 0 Å². The Kier molecular flexibility index (Phi) is 5.07. The SMILES string of the molecule is CC(C)c1ccc(NC(=O)N2CCCC(c3nc4ccccc4n3C)C2)cc1. The standard InChI is InChI=1S/C23H28N4O/c1-16(2)17-10-12-19(13-11-17)24-23(28)27-14-6-7-18(15-27)22-25-20-8-4-5-9-21(20)26(22)3/h4-5,8-13,16,18H,6-7,14-15H2,1-3H3,(H,24,28). The summed E-state index contributed by atoms with van der Waals surface area (Å²) in [6, 6.07) is 16.3. The van der Waals surface area contributed by atoms with Gasteiger partial charge >= 0.3 is 6.03 Å². The van der Waals surface area contributed by atoms with Gasteiger partial charge in [0.1, 0.15) is 5.82 Å². The Morgan fingerprint density at radius 2 is 1.89 bits per heavy atom. The molecule has 1 N–H and O–H groups in total. The Morgan fingerprint density at radius 1 is 1.14 bits per heavy atom. The number of amides is 2. The van der Waals surface area contributed by atoms with E-state index in [1.807, 2.05) is 35.2 Å². The number of carbonyl (C=O) groups is 1. The number of imidazole rings is 1. The number of aryl methyl sites for hydroxylation is 1. The molecule has 0 bridgehead atoms. The Bertz CT molecular complexity index is 974. The summed E-state index contributed by atoms with van der Waals surface area (Å²) in [6.45, 7) is 5.83. The molecule has 2 aromatic carbocycles. The second-order valence-corrected chi connectivity index (χ2v) is 8.01. The summed E-state index contributed by atoms with van der Waals surface area (Å²) in [5, 5.41) is 3.05. The van der Waals surface area contributed by atoms with E-state index < -0.39 is 0 Å². The number of likely N-dealkylation sites (tertiary alicyclic amines) is 1. The molecule has 4 rings (SSSR count). The summed E-state index contributed by atoms with van der Waals surface area (Å²) in [6.07, 6.45) is 2.05. The van der Waals surface area contributed by atoms with E-state index in [4.69, 9.17) is 4.98 Å². The molecule has 2 amide bonds. The van der Waals surface area contributed by atoms with Crippen molar-refractivity contribution >= 4 is 22.8 Å². The molecule has 1 aromatic heterocycles. The van der Waals surface area contributed by atoms with Crippen LogP contribution in [0, 0.1) is 0 Å². The molecule has 28 heavy (non-hydrogen) atoms. The van der Waals surface area contributed by atoms with E-state index in [2.05, 4.69) is 49.0 Å². The highest BCUT2D eigenvalue weighted by Crippen LogP contribution is 2.29. The number of piperidine rings is 1. The average Bonchev–Trinajstić information content (AvgIpc) is 3.05. The van der Waals surface area contributed by atoms with Gasteiger partial charge in [0.2, 0.25) is 0 Å². The fraction of sp³-hybridized carbons (Fsp3) is 0.391. The molecule has 1 aliphatic heterocycles. The lowest BCUT2D eigenvalue weighted by Gasteiger charge is -2.32. The van der Waals surface area contributed by atoms with Crippen molar-refractivity contribution in [2.24, 2.45) is 7.05 Å². The first-order valence-electron chi connectivity index (χ1n) is 10.1. The lowest BCUT2D eigenvalue weighted by molar-refractivity contribution is 0.191. The van der Waals surface area contributed by atoms with Crippen LogP contribution in [-0.2, 0) is 7.05 Å². The van der Waals surface area contributed by atoms with Crippen molar-refractivity contribution in [2.45, 2.75) is 38.5 Å². The maximum atomic E-state index is 12.8. The third-order valence-electron chi connectivity index (χ3n) is 5.72. The third kappa shape index (κ3) is 3.61. The second kappa shape index (κ2) is 7.66. The number of nitrogens with one attached hydrogen (secondary N) is 1. The summed E-state index contributed by atoms with van der Waals surface area (Å²) >= 11 is 0. The number of para-hydroxylation sites is 2. The number of hydrogen-bond donors (Lipinski definition) is 1. The smallest absolute Gasteiger partial charge is 0.321 e. The number of rotatable bonds is 3. The number of carbonyl (C=O) groups excluding carboxylic acids is 1. The third-order valence-corrected chi connectivity index (χ3v) is 5.72. The van der Waals surface area contributed by atoms with Crippen LogP contribution in [-0.4, -0.2) is 33.6 Å². The highest BCUT2D eigenvalue weighted by molar-refractivity contribution is 5.89. The van der Waals surface area contributed by atoms with Crippen LogP contribution < -0.4 is 5.32 Å². The Labute approximate surface area is 166 Å². The minimum atomic E-state index is -0.0271. The number of anilines is 1. The summed E-state index contributed by atoms with van der Waals surface area (Å²) in [7, 11) is 2.07. The number of hydrogen-bond acceptors (Lipinski definition) is 2. The lowest BCUT2D eigenvalue weighted by atomic mass is 9.97. The first kappa shape index (κ1) is 18.5. The first-order chi connectivity index (χ1) is 13.5. The van der Waals surface area contributed by atoms with Crippen molar-refractivity contribution < 1.29 is 4.79 Å². The monoisotopic (exact) mass is 376 g/mol. The topological polar surface area (TPSA) is 50.2 Å². The fourth-order valence-electron chi connectivity index (χ4n) is 4.06. The molecular weight excluding hydrogens is 348 g/mol. The van der Waals surface area contributed by atoms with E-state index >= 15 is 0 Å². The van der Waals surface area contributed by atoms with Crippen LogP contribution in [0.2, 0.25) is 0 Å². The molecule has 1 saturated heterocycles. The summed E-state index contributed by atoms with van der Waals surface area (Å²) in [5.74, 6) is 1.82. The van der Waals surface area contributed by atoms with Gasteiger partial charge in [0.05, 0.1) is 11.0 Å². The Morgan fingerprint density at radius 3 is 2.61 bits per heavy atom. The van der Waals surface area contributed by atoms with Crippen molar-refractivity contribution in [3.8, 4) is 0 Å². The average molecular weight is 377 g/mol. The predicted octanol–water partition coefficient (Wildman–Crippen LogP) is 5.11. The van der Waals surface area contributed by atoms with Crippen molar-refractivity contribution in [1.29, 1.82) is 0 Å². The van der Waals surface area contributed by atoms with Gasteiger partial charge in [-0.05, 0) is 48.6 Å². The molecule has 0 aliphatic carbocycles. The minimum absolute atomic E-state index is 0.0271. The van der Waals surface area contributed by atoms with E-state index in [1.165, 1.54) is 5.56 Å². The van der Waals surface area contributed by atoms with E-state index in [0.717, 1.165) is 41.9 Å². The Balaban J connectivity index is 1.47.